The maximum atomic E-state index is 13.1. The number of nitrogens with one attached hydrogen (secondary N) is 2. The molecule has 0 saturated heterocycles. The fraction of sp³-hybridized carbons (Fsp3) is 0.581. The number of hydrogen-bond acceptors (Lipinski definition) is 5. The number of allylic oxidation sites excluding steroid dienone is 3. The molecule has 5 rings (SSSR count). The van der Waals surface area contributed by atoms with Crippen LogP contribution in [-0.4, -0.2) is 37.7 Å². The number of carbonyl (C=O) groups excluding carboxylic acids is 3. The number of aldehydes is 1. The van der Waals surface area contributed by atoms with Gasteiger partial charge in [0.1, 0.15) is 18.5 Å². The second kappa shape index (κ2) is 10.2. The number of ether oxygens (including phenoxy) is 2. The second-order valence-electron chi connectivity index (χ2n) is 12.1. The molecule has 38 heavy (non-hydrogen) atoms. The van der Waals surface area contributed by atoms with Crippen LogP contribution < -0.4 is 10.6 Å². The van der Waals surface area contributed by atoms with Gasteiger partial charge < -0.3 is 19.6 Å². The molecule has 7 nitrogen and oxygen atoms in total. The molecule has 2 N–H and O–H groups in total. The molecule has 0 radical (unpaired) electrons. The van der Waals surface area contributed by atoms with Gasteiger partial charge in [-0.15, -0.1) is 0 Å². The lowest BCUT2D eigenvalue weighted by molar-refractivity contribution is -0.113. The summed E-state index contributed by atoms with van der Waals surface area (Å²) in [5.74, 6) is 1.11. The number of benzene rings is 1. The number of fused-ring (bicyclic) bond motifs is 5. The molecule has 4 aliphatic carbocycles. The van der Waals surface area contributed by atoms with Gasteiger partial charge in [-0.25, -0.2) is 9.59 Å². The Labute approximate surface area is 225 Å². The van der Waals surface area contributed by atoms with E-state index < -0.39 is 23.7 Å². The van der Waals surface area contributed by atoms with Gasteiger partial charge in [-0.05, 0) is 61.0 Å². The van der Waals surface area contributed by atoms with Crippen molar-refractivity contribution in [2.75, 3.05) is 12.4 Å². The Hall–Kier alpha value is -3.09. The molecule has 1 aromatic carbocycles. The quantitative estimate of drug-likeness (QED) is 0.446. The summed E-state index contributed by atoms with van der Waals surface area (Å²) in [5.41, 5.74) is 2.99. The van der Waals surface area contributed by atoms with Gasteiger partial charge in [-0.3, -0.25) is 5.32 Å². The van der Waals surface area contributed by atoms with Crippen LogP contribution in [0.2, 0.25) is 0 Å². The van der Waals surface area contributed by atoms with E-state index in [1.807, 2.05) is 30.3 Å². The van der Waals surface area contributed by atoms with E-state index >= 15 is 0 Å². The third-order valence-corrected chi connectivity index (χ3v) is 10.3. The molecular formula is C31H40N2O5. The predicted octanol–water partition coefficient (Wildman–Crippen LogP) is 6.27. The minimum atomic E-state index is -0.500. The summed E-state index contributed by atoms with van der Waals surface area (Å²) in [6.45, 7) is 6.68. The van der Waals surface area contributed by atoms with E-state index in [1.54, 1.807) is 7.05 Å². The van der Waals surface area contributed by atoms with E-state index in [4.69, 9.17) is 9.47 Å². The number of anilines is 1. The average Bonchev–Trinajstić information content (AvgIpc) is 3.26. The minimum absolute atomic E-state index is 0.0579. The fourth-order valence-corrected chi connectivity index (χ4v) is 8.27. The highest BCUT2D eigenvalue weighted by molar-refractivity contribution is 5.84. The van der Waals surface area contributed by atoms with Crippen LogP contribution in [0.4, 0.5) is 15.3 Å². The summed E-state index contributed by atoms with van der Waals surface area (Å²) in [6, 6.07) is 9.28. The van der Waals surface area contributed by atoms with Crippen LogP contribution in [0.3, 0.4) is 0 Å². The first kappa shape index (κ1) is 26.5. The lowest BCUT2D eigenvalue weighted by Crippen LogP contribution is -2.54. The largest absolute Gasteiger partial charge is 0.446 e. The molecule has 7 heteroatoms. The Morgan fingerprint density at radius 3 is 2.50 bits per heavy atom. The first-order valence-electron chi connectivity index (χ1n) is 14.0. The molecule has 3 fully saturated rings. The Balaban J connectivity index is 1.45. The zero-order valence-corrected chi connectivity index (χ0v) is 22.9. The number of para-hydroxylation sites is 1. The molecule has 1 unspecified atom stereocenters. The van der Waals surface area contributed by atoms with Crippen LogP contribution in [0.25, 0.3) is 0 Å². The SMILES string of the molecule is CNC(=O)O[C@@H]1CC2=CC=C3[C@@H]4CC[C@H](C(C)C=O)[C@@]4(C)CC[C@@H]3[C@@]2(C)[C@@H](OC(=O)Nc2ccccc2)C1. The molecule has 0 aliphatic heterocycles. The molecule has 0 heterocycles. The Morgan fingerprint density at radius 2 is 1.79 bits per heavy atom. The summed E-state index contributed by atoms with van der Waals surface area (Å²) in [5, 5.41) is 5.40. The van der Waals surface area contributed by atoms with Crippen LogP contribution in [-0.2, 0) is 14.3 Å². The topological polar surface area (TPSA) is 93.7 Å². The van der Waals surface area contributed by atoms with Crippen molar-refractivity contribution in [2.24, 2.45) is 34.5 Å². The first-order valence-corrected chi connectivity index (χ1v) is 14.0. The second-order valence-corrected chi connectivity index (χ2v) is 12.1. The van der Waals surface area contributed by atoms with E-state index in [9.17, 15) is 14.4 Å². The molecule has 4 aliphatic rings. The molecular weight excluding hydrogens is 480 g/mol. The van der Waals surface area contributed by atoms with Gasteiger partial charge in [-0.2, -0.15) is 0 Å². The van der Waals surface area contributed by atoms with Crippen molar-refractivity contribution >= 4 is 24.2 Å². The number of hydrogen-bond donors (Lipinski definition) is 2. The summed E-state index contributed by atoms with van der Waals surface area (Å²) >= 11 is 0. The molecule has 3 saturated carbocycles. The average molecular weight is 521 g/mol. The minimum Gasteiger partial charge on any atom is -0.446 e. The number of amides is 2. The molecule has 0 spiro atoms. The summed E-state index contributed by atoms with van der Waals surface area (Å²) in [7, 11) is 1.55. The van der Waals surface area contributed by atoms with Crippen molar-refractivity contribution in [1.29, 1.82) is 0 Å². The Morgan fingerprint density at radius 1 is 1.03 bits per heavy atom. The predicted molar refractivity (Wildman–Crippen MR) is 145 cm³/mol. The summed E-state index contributed by atoms with van der Waals surface area (Å²) < 4.78 is 11.9. The standard InChI is InChI=1S/C31H40N2O5/c1-19(18-34)24-12-13-25-23-11-10-20-16-22(37-28(35)32-4)17-27(31(20,3)26(23)14-15-30(24,25)2)38-29(36)33-21-8-6-5-7-9-21/h5-11,18-19,22,24-27H,12-17H2,1-4H3,(H,32,35)(H,33,36)/t19?,22-,24-,25+,26+,27+,30-,31+/m1/s1. The molecule has 0 bridgehead atoms. The van der Waals surface area contributed by atoms with Gasteiger partial charge >= 0.3 is 12.2 Å². The van der Waals surface area contributed by atoms with Gasteiger partial charge in [0.25, 0.3) is 0 Å². The molecule has 2 amide bonds. The highest BCUT2D eigenvalue weighted by Crippen LogP contribution is 2.66. The molecule has 8 atom stereocenters. The van der Waals surface area contributed by atoms with Crippen LogP contribution in [0.15, 0.2) is 53.6 Å². The third kappa shape index (κ3) is 4.44. The van der Waals surface area contributed by atoms with Crippen LogP contribution in [0, 0.1) is 34.5 Å². The van der Waals surface area contributed by atoms with Crippen molar-refractivity contribution in [1.82, 2.24) is 5.32 Å². The van der Waals surface area contributed by atoms with Crippen molar-refractivity contribution in [3.63, 3.8) is 0 Å². The number of alkyl carbamates (subject to hydrolysis) is 1. The zero-order valence-electron chi connectivity index (χ0n) is 22.9. The van der Waals surface area contributed by atoms with Crippen molar-refractivity contribution in [3.05, 3.63) is 53.6 Å². The fourth-order valence-electron chi connectivity index (χ4n) is 8.27. The Bertz CT molecular complexity index is 1150. The van der Waals surface area contributed by atoms with E-state index in [0.717, 1.165) is 32.0 Å². The van der Waals surface area contributed by atoms with Crippen molar-refractivity contribution in [3.8, 4) is 0 Å². The maximum absolute atomic E-state index is 13.1. The van der Waals surface area contributed by atoms with Gasteiger partial charge in [0.2, 0.25) is 0 Å². The third-order valence-electron chi connectivity index (χ3n) is 10.3. The van der Waals surface area contributed by atoms with Crippen molar-refractivity contribution < 1.29 is 23.9 Å². The van der Waals surface area contributed by atoms with Gasteiger partial charge in [0, 0.05) is 36.9 Å². The maximum Gasteiger partial charge on any atom is 0.411 e. The van der Waals surface area contributed by atoms with Crippen LogP contribution in [0.1, 0.15) is 59.3 Å². The van der Waals surface area contributed by atoms with Crippen molar-refractivity contribution in [2.45, 2.75) is 71.5 Å². The smallest absolute Gasteiger partial charge is 0.411 e. The highest BCUT2D eigenvalue weighted by atomic mass is 16.6. The Kier molecular flexibility index (Phi) is 7.14. The monoisotopic (exact) mass is 520 g/mol. The lowest BCUT2D eigenvalue weighted by Gasteiger charge is -2.57. The van der Waals surface area contributed by atoms with E-state index in [2.05, 4.69) is 43.6 Å². The van der Waals surface area contributed by atoms with Gasteiger partial charge in [0.05, 0.1) is 0 Å². The molecule has 204 valence electrons. The van der Waals surface area contributed by atoms with Gasteiger partial charge in [0.15, 0.2) is 0 Å². The molecule has 0 aromatic heterocycles. The number of rotatable bonds is 5. The lowest BCUT2D eigenvalue weighted by atomic mass is 9.49. The van der Waals surface area contributed by atoms with Crippen LogP contribution >= 0.6 is 0 Å². The van der Waals surface area contributed by atoms with E-state index in [0.29, 0.717) is 30.4 Å². The van der Waals surface area contributed by atoms with E-state index in [1.165, 1.54) is 11.1 Å². The van der Waals surface area contributed by atoms with Gasteiger partial charge in [-0.1, -0.05) is 62.3 Å². The normalized spacial score (nSPS) is 36.3. The number of carbonyl (C=O) groups is 3. The first-order chi connectivity index (χ1) is 18.2. The van der Waals surface area contributed by atoms with E-state index in [-0.39, 0.29) is 23.4 Å². The summed E-state index contributed by atoms with van der Waals surface area (Å²) in [4.78, 5) is 36.9. The summed E-state index contributed by atoms with van der Waals surface area (Å²) in [6.07, 6.45) is 9.06. The molecule has 1 aromatic rings. The highest BCUT2D eigenvalue weighted by Gasteiger charge is 2.60. The zero-order chi connectivity index (χ0) is 27.1. The van der Waals surface area contributed by atoms with Crippen LogP contribution in [0.5, 0.6) is 0 Å².